The molecule has 3 aromatic rings. The Morgan fingerprint density at radius 2 is 1.69 bits per heavy atom. The van der Waals surface area contributed by atoms with Crippen molar-refractivity contribution in [2.24, 2.45) is 0 Å². The predicted octanol–water partition coefficient (Wildman–Crippen LogP) is 4.64. The lowest BCUT2D eigenvalue weighted by atomic mass is 10.1. The fourth-order valence-corrected chi connectivity index (χ4v) is 3.95. The second kappa shape index (κ2) is 10.6. The third-order valence-electron chi connectivity index (χ3n) is 5.16. The zero-order chi connectivity index (χ0) is 23.1. The van der Waals surface area contributed by atoms with Crippen molar-refractivity contribution in [3.8, 4) is 11.5 Å². The molecule has 170 valence electrons. The normalized spacial score (nSPS) is 13.4. The fourth-order valence-electron chi connectivity index (χ4n) is 3.47. The van der Waals surface area contributed by atoms with Gasteiger partial charge in [-0.05, 0) is 49.6 Å². The molecule has 32 heavy (non-hydrogen) atoms. The van der Waals surface area contributed by atoms with Crippen molar-refractivity contribution in [2.45, 2.75) is 31.7 Å². The number of hydrogen-bond donors (Lipinski definition) is 1. The van der Waals surface area contributed by atoms with Crippen LogP contribution in [0.4, 0.5) is 0 Å². The van der Waals surface area contributed by atoms with Gasteiger partial charge in [0.05, 0.1) is 12.0 Å². The molecule has 0 saturated heterocycles. The van der Waals surface area contributed by atoms with Gasteiger partial charge in [-0.3, -0.25) is 9.45 Å². The van der Waals surface area contributed by atoms with E-state index in [2.05, 4.69) is 48.2 Å². The first kappa shape index (κ1) is 23.8. The number of fused-ring (bicyclic) bond motifs is 1. The topological polar surface area (TPSA) is 76.1 Å². The van der Waals surface area contributed by atoms with Crippen LogP contribution < -0.4 is 9.47 Å². The Balaban J connectivity index is 0.000000222. The van der Waals surface area contributed by atoms with E-state index < -0.39 is 10.1 Å². The Labute approximate surface area is 190 Å². The maximum atomic E-state index is 10.5. The Hall–Kier alpha value is -2.87. The molecule has 3 aromatic carbocycles. The molecule has 0 amide bonds. The van der Waals surface area contributed by atoms with Gasteiger partial charge in [-0.25, -0.2) is 0 Å². The average molecular weight is 456 g/mol. The van der Waals surface area contributed by atoms with Crippen LogP contribution in [0.2, 0.25) is 0 Å². The molecule has 4 rings (SSSR count). The van der Waals surface area contributed by atoms with E-state index in [1.54, 1.807) is 19.2 Å². The van der Waals surface area contributed by atoms with E-state index in [9.17, 15) is 8.42 Å². The number of hydrogen-bond acceptors (Lipinski definition) is 5. The number of aryl methyl sites for hydroxylation is 2. The van der Waals surface area contributed by atoms with Gasteiger partial charge in [-0.15, -0.1) is 0 Å². The lowest BCUT2D eigenvalue weighted by Gasteiger charge is -2.30. The smallest absolute Gasteiger partial charge is 0.294 e. The summed E-state index contributed by atoms with van der Waals surface area (Å²) in [6, 6.07) is 20.8. The van der Waals surface area contributed by atoms with Gasteiger partial charge in [0.2, 0.25) is 0 Å². The molecule has 1 aliphatic heterocycles. The van der Waals surface area contributed by atoms with Crippen LogP contribution in [0.15, 0.2) is 71.6 Å². The molecule has 7 heteroatoms. The summed E-state index contributed by atoms with van der Waals surface area (Å²) in [5.74, 6) is 1.74. The van der Waals surface area contributed by atoms with Crippen LogP contribution in [0.25, 0.3) is 0 Å². The minimum Gasteiger partial charge on any atom is -0.493 e. The second-order valence-electron chi connectivity index (χ2n) is 7.81. The van der Waals surface area contributed by atoms with Gasteiger partial charge in [0.1, 0.15) is 6.73 Å². The van der Waals surface area contributed by atoms with E-state index in [1.165, 1.54) is 28.8 Å². The minimum atomic E-state index is -4.02. The predicted molar refractivity (Wildman–Crippen MR) is 125 cm³/mol. The van der Waals surface area contributed by atoms with Crippen molar-refractivity contribution in [2.75, 3.05) is 20.4 Å². The number of ether oxygens (including phenoxy) is 2. The van der Waals surface area contributed by atoms with Crippen LogP contribution in [0.5, 0.6) is 11.5 Å². The summed E-state index contributed by atoms with van der Waals surface area (Å²) in [5, 5.41) is 0. The Morgan fingerprint density at radius 1 is 1.00 bits per heavy atom. The van der Waals surface area contributed by atoms with E-state index in [-0.39, 0.29) is 4.90 Å². The first-order valence-corrected chi connectivity index (χ1v) is 11.8. The number of benzene rings is 3. The van der Waals surface area contributed by atoms with Crippen molar-refractivity contribution in [1.82, 2.24) is 4.90 Å². The van der Waals surface area contributed by atoms with Crippen molar-refractivity contribution in [1.29, 1.82) is 0 Å². The maximum Gasteiger partial charge on any atom is 0.294 e. The number of methoxy groups -OCH3 is 1. The lowest BCUT2D eigenvalue weighted by Crippen LogP contribution is -2.33. The molecule has 0 bridgehead atoms. The Morgan fingerprint density at radius 3 is 2.31 bits per heavy atom. The quantitative estimate of drug-likeness (QED) is 0.565. The number of rotatable bonds is 5. The first-order valence-electron chi connectivity index (χ1n) is 10.4. The highest BCUT2D eigenvalue weighted by Gasteiger charge is 2.21. The number of nitrogens with zero attached hydrogens (tertiary/aromatic N) is 1. The molecule has 0 aliphatic carbocycles. The van der Waals surface area contributed by atoms with Gasteiger partial charge in [0.15, 0.2) is 11.5 Å². The van der Waals surface area contributed by atoms with E-state index in [0.717, 1.165) is 36.6 Å². The molecule has 0 fully saturated rings. The van der Waals surface area contributed by atoms with Crippen LogP contribution in [0.3, 0.4) is 0 Å². The van der Waals surface area contributed by atoms with Gasteiger partial charge in [0, 0.05) is 18.7 Å². The Bertz CT molecular complexity index is 1130. The molecule has 1 aliphatic rings. The third kappa shape index (κ3) is 6.56. The van der Waals surface area contributed by atoms with E-state index >= 15 is 0 Å². The molecular formula is C25H29NO5S. The third-order valence-corrected chi connectivity index (χ3v) is 6.03. The molecule has 0 spiro atoms. The van der Waals surface area contributed by atoms with Crippen LogP contribution in [0, 0.1) is 13.8 Å². The summed E-state index contributed by atoms with van der Waals surface area (Å²) < 4.78 is 40.9. The largest absolute Gasteiger partial charge is 0.493 e. The zero-order valence-electron chi connectivity index (χ0n) is 18.6. The molecule has 0 radical (unpaired) electrons. The van der Waals surface area contributed by atoms with Crippen molar-refractivity contribution in [3.05, 3.63) is 89.0 Å². The van der Waals surface area contributed by atoms with Gasteiger partial charge in [0.25, 0.3) is 10.1 Å². The summed E-state index contributed by atoms with van der Waals surface area (Å²) in [6.07, 6.45) is 1.04. The standard InChI is InChI=1S/C18H21NO2.C7H8O3S/c1-14-10-16-12-19(9-8-15-6-4-3-5-7-15)13-21-18(16)17(11-14)20-2;1-6-2-4-7(5-3-6)11(8,9)10/h3-7,10-11H,8-9,12-13H2,1-2H3;2-5H,1H3,(H,8,9,10). The SMILES string of the molecule is COc1cc(C)cc2c1OCN(CCc1ccccc1)C2.Cc1ccc(S(=O)(=O)O)cc1. The van der Waals surface area contributed by atoms with Gasteiger partial charge in [-0.2, -0.15) is 8.42 Å². The summed E-state index contributed by atoms with van der Waals surface area (Å²) >= 11 is 0. The zero-order valence-corrected chi connectivity index (χ0v) is 19.4. The summed E-state index contributed by atoms with van der Waals surface area (Å²) in [4.78, 5) is 2.26. The molecular weight excluding hydrogens is 426 g/mol. The maximum absolute atomic E-state index is 10.5. The van der Waals surface area contributed by atoms with Gasteiger partial charge in [-0.1, -0.05) is 54.1 Å². The summed E-state index contributed by atoms with van der Waals surface area (Å²) in [5.41, 5.74) is 4.74. The van der Waals surface area contributed by atoms with Crippen LogP contribution in [-0.4, -0.2) is 38.3 Å². The monoisotopic (exact) mass is 455 g/mol. The van der Waals surface area contributed by atoms with E-state index in [0.29, 0.717) is 6.73 Å². The molecule has 1 heterocycles. The highest BCUT2D eigenvalue weighted by atomic mass is 32.2. The first-order chi connectivity index (χ1) is 15.3. The molecule has 0 aromatic heterocycles. The minimum absolute atomic E-state index is 0.0666. The van der Waals surface area contributed by atoms with Gasteiger partial charge < -0.3 is 9.47 Å². The van der Waals surface area contributed by atoms with E-state index in [1.807, 2.05) is 13.0 Å². The fraction of sp³-hybridized carbons (Fsp3) is 0.280. The van der Waals surface area contributed by atoms with Gasteiger partial charge >= 0.3 is 0 Å². The van der Waals surface area contributed by atoms with Crippen molar-refractivity contribution < 1.29 is 22.4 Å². The lowest BCUT2D eigenvalue weighted by molar-refractivity contribution is 0.0930. The van der Waals surface area contributed by atoms with Crippen molar-refractivity contribution in [3.63, 3.8) is 0 Å². The molecule has 0 unspecified atom stereocenters. The molecule has 6 nitrogen and oxygen atoms in total. The van der Waals surface area contributed by atoms with E-state index in [4.69, 9.17) is 14.0 Å². The highest BCUT2D eigenvalue weighted by Crippen LogP contribution is 2.36. The van der Waals surface area contributed by atoms with Crippen LogP contribution >= 0.6 is 0 Å². The summed E-state index contributed by atoms with van der Waals surface area (Å²) in [7, 11) is -2.32. The summed E-state index contributed by atoms with van der Waals surface area (Å²) in [6.45, 7) is 6.47. The van der Waals surface area contributed by atoms with Crippen LogP contribution in [0.1, 0.15) is 22.3 Å². The molecule has 1 N–H and O–H groups in total. The average Bonchev–Trinajstić information content (AvgIpc) is 2.77. The molecule has 0 saturated carbocycles. The Kier molecular flexibility index (Phi) is 7.90. The molecule has 0 atom stereocenters. The van der Waals surface area contributed by atoms with Crippen molar-refractivity contribution >= 4 is 10.1 Å². The van der Waals surface area contributed by atoms with Crippen LogP contribution in [-0.2, 0) is 23.1 Å². The second-order valence-corrected chi connectivity index (χ2v) is 9.23. The highest BCUT2D eigenvalue weighted by molar-refractivity contribution is 7.85.